The fourth-order valence-corrected chi connectivity index (χ4v) is 1.99. The molecule has 0 saturated carbocycles. The molecule has 0 saturated heterocycles. The number of halogens is 2. The summed E-state index contributed by atoms with van der Waals surface area (Å²) in [6.45, 7) is 4.52. The third kappa shape index (κ3) is 2.73. The predicted octanol–water partition coefficient (Wildman–Crippen LogP) is 3.95. The van der Waals surface area contributed by atoms with Gasteiger partial charge in [-0.05, 0) is 31.5 Å². The Labute approximate surface area is 110 Å². The molecule has 0 aliphatic heterocycles. The molecular weight excluding hydrogens is 257 g/mol. The van der Waals surface area contributed by atoms with E-state index in [4.69, 9.17) is 23.2 Å². The number of hydrogen-bond acceptors (Lipinski definition) is 2. The van der Waals surface area contributed by atoms with Crippen LogP contribution in [-0.2, 0) is 6.54 Å². The Morgan fingerprint density at radius 3 is 2.41 bits per heavy atom. The summed E-state index contributed by atoms with van der Waals surface area (Å²) in [6.07, 6.45) is 1.68. The summed E-state index contributed by atoms with van der Waals surface area (Å²) in [6, 6.07) is 3.73. The van der Waals surface area contributed by atoms with Crippen molar-refractivity contribution in [3.63, 3.8) is 0 Å². The first-order valence-corrected chi connectivity index (χ1v) is 6.02. The second-order valence-corrected chi connectivity index (χ2v) is 4.71. The first kappa shape index (κ1) is 12.3. The number of aromatic amines is 1. The number of anilines is 1. The first-order valence-electron chi connectivity index (χ1n) is 5.26. The van der Waals surface area contributed by atoms with Gasteiger partial charge in [-0.2, -0.15) is 0 Å². The maximum atomic E-state index is 6.06. The second-order valence-electron chi connectivity index (χ2n) is 3.89. The fourth-order valence-electron chi connectivity index (χ4n) is 1.50. The van der Waals surface area contributed by atoms with Gasteiger partial charge in [-0.25, -0.2) is 4.98 Å². The van der Waals surface area contributed by atoms with E-state index in [-0.39, 0.29) is 0 Å². The van der Waals surface area contributed by atoms with Gasteiger partial charge in [0, 0.05) is 21.4 Å². The van der Waals surface area contributed by atoms with E-state index >= 15 is 0 Å². The Kier molecular flexibility index (Phi) is 3.60. The quantitative estimate of drug-likeness (QED) is 0.886. The number of imidazole rings is 1. The molecule has 5 heteroatoms. The third-order valence-corrected chi connectivity index (χ3v) is 3.46. The van der Waals surface area contributed by atoms with Crippen molar-refractivity contribution in [2.75, 3.05) is 5.32 Å². The predicted molar refractivity (Wildman–Crippen MR) is 71.9 cm³/mol. The van der Waals surface area contributed by atoms with Crippen LogP contribution in [0.4, 0.5) is 5.69 Å². The van der Waals surface area contributed by atoms with E-state index in [1.807, 2.05) is 26.0 Å². The molecule has 0 atom stereocenters. The SMILES string of the molecule is Cc1[nH]cnc1CNc1cc(Cl)c(C)c(Cl)c1. The molecule has 90 valence electrons. The number of aromatic nitrogens is 2. The van der Waals surface area contributed by atoms with Gasteiger partial charge in [-0.1, -0.05) is 23.2 Å². The monoisotopic (exact) mass is 269 g/mol. The summed E-state index contributed by atoms with van der Waals surface area (Å²) in [4.78, 5) is 7.24. The molecule has 0 radical (unpaired) electrons. The summed E-state index contributed by atoms with van der Waals surface area (Å²) < 4.78 is 0. The van der Waals surface area contributed by atoms with Gasteiger partial charge in [0.05, 0.1) is 18.6 Å². The molecule has 1 aromatic carbocycles. The lowest BCUT2D eigenvalue weighted by Gasteiger charge is -2.08. The molecule has 0 bridgehead atoms. The fraction of sp³-hybridized carbons (Fsp3) is 0.250. The van der Waals surface area contributed by atoms with Crippen molar-refractivity contribution in [3.05, 3.63) is 45.5 Å². The second kappa shape index (κ2) is 4.98. The molecule has 3 nitrogen and oxygen atoms in total. The van der Waals surface area contributed by atoms with E-state index in [1.54, 1.807) is 6.33 Å². The van der Waals surface area contributed by atoms with Crippen LogP contribution in [0.25, 0.3) is 0 Å². The normalized spacial score (nSPS) is 10.6. The standard InChI is InChI=1S/C12H13Cl2N3/c1-7-10(13)3-9(4-11(7)14)15-5-12-8(2)16-6-17-12/h3-4,6,15H,5H2,1-2H3,(H,16,17). The van der Waals surface area contributed by atoms with E-state index < -0.39 is 0 Å². The summed E-state index contributed by atoms with van der Waals surface area (Å²) in [5, 5.41) is 4.58. The number of nitrogens with one attached hydrogen (secondary N) is 2. The van der Waals surface area contributed by atoms with Crippen LogP contribution in [0.2, 0.25) is 10.0 Å². The minimum Gasteiger partial charge on any atom is -0.379 e. The molecule has 17 heavy (non-hydrogen) atoms. The molecule has 2 rings (SSSR count). The molecule has 2 aromatic rings. The van der Waals surface area contributed by atoms with Crippen LogP contribution in [0.1, 0.15) is 17.0 Å². The molecular formula is C12H13Cl2N3. The zero-order valence-corrected chi connectivity index (χ0v) is 11.2. The van der Waals surface area contributed by atoms with Crippen molar-refractivity contribution in [2.24, 2.45) is 0 Å². The zero-order valence-electron chi connectivity index (χ0n) is 9.64. The van der Waals surface area contributed by atoms with Crippen molar-refractivity contribution in [1.82, 2.24) is 9.97 Å². The van der Waals surface area contributed by atoms with E-state index in [0.29, 0.717) is 16.6 Å². The molecule has 1 heterocycles. The zero-order chi connectivity index (χ0) is 12.4. The Balaban J connectivity index is 2.12. The Bertz CT molecular complexity index is 511. The summed E-state index contributed by atoms with van der Waals surface area (Å²) in [7, 11) is 0. The van der Waals surface area contributed by atoms with Gasteiger partial charge in [-0.3, -0.25) is 0 Å². The van der Waals surface area contributed by atoms with Gasteiger partial charge < -0.3 is 10.3 Å². The maximum absolute atomic E-state index is 6.06. The highest BCUT2D eigenvalue weighted by molar-refractivity contribution is 6.36. The Hall–Kier alpha value is -1.19. The van der Waals surface area contributed by atoms with Crippen molar-refractivity contribution in [3.8, 4) is 0 Å². The topological polar surface area (TPSA) is 40.7 Å². The number of rotatable bonds is 3. The molecule has 0 unspecified atom stereocenters. The van der Waals surface area contributed by atoms with E-state index in [1.165, 1.54) is 0 Å². The average Bonchev–Trinajstić information content (AvgIpc) is 2.69. The van der Waals surface area contributed by atoms with Crippen LogP contribution in [0.3, 0.4) is 0 Å². The minimum absolute atomic E-state index is 0.644. The summed E-state index contributed by atoms with van der Waals surface area (Å²) in [5.41, 5.74) is 3.84. The van der Waals surface area contributed by atoms with Crippen LogP contribution in [-0.4, -0.2) is 9.97 Å². The molecule has 0 amide bonds. The summed E-state index contributed by atoms with van der Waals surface area (Å²) in [5.74, 6) is 0. The van der Waals surface area contributed by atoms with Crippen molar-refractivity contribution < 1.29 is 0 Å². The minimum atomic E-state index is 0.644. The molecule has 0 fully saturated rings. The highest BCUT2D eigenvalue weighted by Gasteiger charge is 2.05. The Morgan fingerprint density at radius 1 is 1.24 bits per heavy atom. The number of H-pyrrole nitrogens is 1. The highest BCUT2D eigenvalue weighted by Crippen LogP contribution is 2.28. The molecule has 1 aromatic heterocycles. The largest absolute Gasteiger partial charge is 0.379 e. The lowest BCUT2D eigenvalue weighted by molar-refractivity contribution is 1.05. The average molecular weight is 270 g/mol. The van der Waals surface area contributed by atoms with Gasteiger partial charge in [0.2, 0.25) is 0 Å². The van der Waals surface area contributed by atoms with Crippen molar-refractivity contribution in [1.29, 1.82) is 0 Å². The highest BCUT2D eigenvalue weighted by atomic mass is 35.5. The number of nitrogens with zero attached hydrogens (tertiary/aromatic N) is 1. The number of hydrogen-bond donors (Lipinski definition) is 2. The number of aryl methyl sites for hydroxylation is 1. The molecule has 0 aliphatic rings. The smallest absolute Gasteiger partial charge is 0.0925 e. The van der Waals surface area contributed by atoms with Crippen LogP contribution in [0, 0.1) is 13.8 Å². The Morgan fingerprint density at radius 2 is 1.88 bits per heavy atom. The van der Waals surface area contributed by atoms with Gasteiger partial charge in [0.1, 0.15) is 0 Å². The lowest BCUT2D eigenvalue weighted by atomic mass is 10.2. The third-order valence-electron chi connectivity index (χ3n) is 2.68. The number of benzene rings is 1. The van der Waals surface area contributed by atoms with Crippen LogP contribution in [0.5, 0.6) is 0 Å². The van der Waals surface area contributed by atoms with E-state index in [2.05, 4.69) is 15.3 Å². The maximum Gasteiger partial charge on any atom is 0.0925 e. The van der Waals surface area contributed by atoms with Gasteiger partial charge in [-0.15, -0.1) is 0 Å². The molecule has 0 spiro atoms. The molecule has 2 N–H and O–H groups in total. The van der Waals surface area contributed by atoms with Gasteiger partial charge in [0.15, 0.2) is 0 Å². The lowest BCUT2D eigenvalue weighted by Crippen LogP contribution is -2.01. The van der Waals surface area contributed by atoms with E-state index in [0.717, 1.165) is 22.6 Å². The first-order chi connectivity index (χ1) is 8.08. The molecule has 0 aliphatic carbocycles. The van der Waals surface area contributed by atoms with Crippen molar-refractivity contribution >= 4 is 28.9 Å². The van der Waals surface area contributed by atoms with Gasteiger partial charge >= 0.3 is 0 Å². The van der Waals surface area contributed by atoms with Crippen molar-refractivity contribution in [2.45, 2.75) is 20.4 Å². The van der Waals surface area contributed by atoms with Crippen LogP contribution < -0.4 is 5.32 Å². The van der Waals surface area contributed by atoms with Gasteiger partial charge in [0.25, 0.3) is 0 Å². The van der Waals surface area contributed by atoms with Crippen LogP contribution in [0.15, 0.2) is 18.5 Å². The summed E-state index contributed by atoms with van der Waals surface area (Å²) >= 11 is 12.1. The van der Waals surface area contributed by atoms with Crippen LogP contribution >= 0.6 is 23.2 Å². The van der Waals surface area contributed by atoms with E-state index in [9.17, 15) is 0 Å².